The van der Waals surface area contributed by atoms with Crippen LogP contribution in [0.15, 0.2) is 46.9 Å². The average Bonchev–Trinajstić information content (AvgIpc) is 2.36. The molecule has 6 heteroatoms. The lowest BCUT2D eigenvalue weighted by molar-refractivity contribution is -0.385. The van der Waals surface area contributed by atoms with Crippen molar-refractivity contribution in [2.45, 2.75) is 6.61 Å². The molecule has 0 saturated carbocycles. The zero-order chi connectivity index (χ0) is 13.8. The molecule has 0 aliphatic carbocycles. The highest BCUT2D eigenvalue weighted by atomic mass is 79.9. The van der Waals surface area contributed by atoms with Crippen LogP contribution < -0.4 is 4.74 Å². The Morgan fingerprint density at radius 3 is 2.74 bits per heavy atom. The average molecular weight is 343 g/mol. The molecule has 2 aromatic rings. The molecule has 4 nitrogen and oxygen atoms in total. The van der Waals surface area contributed by atoms with Crippen LogP contribution in [0, 0.1) is 10.1 Å². The smallest absolute Gasteiger partial charge is 0.311 e. The van der Waals surface area contributed by atoms with Gasteiger partial charge in [0.25, 0.3) is 0 Å². The molecule has 0 atom stereocenters. The Hall–Kier alpha value is -1.59. The molecule has 0 aromatic heterocycles. The van der Waals surface area contributed by atoms with Crippen molar-refractivity contribution in [3.8, 4) is 5.75 Å². The molecule has 2 rings (SSSR count). The second kappa shape index (κ2) is 6.04. The quantitative estimate of drug-likeness (QED) is 0.603. The Kier molecular flexibility index (Phi) is 4.39. The number of hydrogen-bond donors (Lipinski definition) is 0. The molecule has 98 valence electrons. The molecule has 0 unspecified atom stereocenters. The fraction of sp³-hybridized carbons (Fsp3) is 0.0769. The molecular weight excluding hydrogens is 334 g/mol. The molecule has 0 amide bonds. The van der Waals surface area contributed by atoms with Gasteiger partial charge in [-0.3, -0.25) is 10.1 Å². The van der Waals surface area contributed by atoms with Crippen LogP contribution in [0.25, 0.3) is 0 Å². The second-order valence-electron chi connectivity index (χ2n) is 3.79. The van der Waals surface area contributed by atoms with Crippen LogP contribution in [0.2, 0.25) is 5.02 Å². The largest absolute Gasteiger partial charge is 0.482 e. The summed E-state index contributed by atoms with van der Waals surface area (Å²) in [5.74, 6) is 0.164. The first kappa shape index (κ1) is 13.8. The normalized spacial score (nSPS) is 10.2. The van der Waals surface area contributed by atoms with Crippen molar-refractivity contribution in [2.75, 3.05) is 0 Å². The van der Waals surface area contributed by atoms with Crippen molar-refractivity contribution < 1.29 is 9.66 Å². The fourth-order valence-electron chi connectivity index (χ4n) is 1.54. The third-order valence-electron chi connectivity index (χ3n) is 2.40. The van der Waals surface area contributed by atoms with Crippen LogP contribution in [-0.2, 0) is 6.61 Å². The maximum absolute atomic E-state index is 10.9. The number of halogens is 2. The van der Waals surface area contributed by atoms with Crippen LogP contribution in [0.1, 0.15) is 5.56 Å². The van der Waals surface area contributed by atoms with Crippen molar-refractivity contribution in [3.05, 3.63) is 67.6 Å². The van der Waals surface area contributed by atoms with E-state index in [4.69, 9.17) is 16.3 Å². The number of benzene rings is 2. The summed E-state index contributed by atoms with van der Waals surface area (Å²) in [4.78, 5) is 10.4. The molecule has 0 radical (unpaired) electrons. The highest BCUT2D eigenvalue weighted by Crippen LogP contribution is 2.30. The minimum absolute atomic E-state index is 0.0978. The van der Waals surface area contributed by atoms with Gasteiger partial charge in [0.05, 0.1) is 4.92 Å². The maximum atomic E-state index is 10.9. The summed E-state index contributed by atoms with van der Waals surface area (Å²) in [5.41, 5.74) is 0.808. The predicted molar refractivity (Wildman–Crippen MR) is 76.6 cm³/mol. The van der Waals surface area contributed by atoms with Crippen molar-refractivity contribution in [1.82, 2.24) is 0 Å². The summed E-state index contributed by atoms with van der Waals surface area (Å²) in [7, 11) is 0. The highest BCUT2D eigenvalue weighted by Gasteiger charge is 2.15. The standard InChI is InChI=1S/C13H9BrClNO3/c14-10-3-1-2-9(6-10)8-19-13-7-11(15)4-5-12(13)16(17)18/h1-7H,8H2. The van der Waals surface area contributed by atoms with Crippen LogP contribution in [0.3, 0.4) is 0 Å². The third kappa shape index (κ3) is 3.68. The zero-order valence-electron chi connectivity index (χ0n) is 9.68. The van der Waals surface area contributed by atoms with Gasteiger partial charge < -0.3 is 4.74 Å². The Bertz CT molecular complexity index is 619. The monoisotopic (exact) mass is 341 g/mol. The van der Waals surface area contributed by atoms with Gasteiger partial charge in [-0.05, 0) is 23.8 Å². The first-order chi connectivity index (χ1) is 9.06. The lowest BCUT2D eigenvalue weighted by Gasteiger charge is -2.07. The molecule has 0 aliphatic rings. The SMILES string of the molecule is O=[N+]([O-])c1ccc(Cl)cc1OCc1cccc(Br)c1. The van der Waals surface area contributed by atoms with Gasteiger partial charge in [-0.1, -0.05) is 39.7 Å². The van der Waals surface area contributed by atoms with E-state index in [-0.39, 0.29) is 18.0 Å². The number of nitro groups is 1. The molecule has 0 bridgehead atoms. The van der Waals surface area contributed by atoms with Gasteiger partial charge in [-0.2, -0.15) is 0 Å². The van der Waals surface area contributed by atoms with Gasteiger partial charge in [0, 0.05) is 21.6 Å². The van der Waals surface area contributed by atoms with Crippen LogP contribution in [0.4, 0.5) is 5.69 Å². The highest BCUT2D eigenvalue weighted by molar-refractivity contribution is 9.10. The maximum Gasteiger partial charge on any atom is 0.311 e. The lowest BCUT2D eigenvalue weighted by Crippen LogP contribution is -1.99. The van der Waals surface area contributed by atoms with E-state index in [9.17, 15) is 10.1 Å². The predicted octanol–water partition coefficient (Wildman–Crippen LogP) is 4.59. The molecule has 19 heavy (non-hydrogen) atoms. The van der Waals surface area contributed by atoms with Crippen molar-refractivity contribution in [3.63, 3.8) is 0 Å². The number of ether oxygens (including phenoxy) is 1. The van der Waals surface area contributed by atoms with E-state index in [2.05, 4.69) is 15.9 Å². The van der Waals surface area contributed by atoms with Gasteiger partial charge in [0.1, 0.15) is 6.61 Å². The van der Waals surface area contributed by atoms with Gasteiger partial charge in [-0.25, -0.2) is 0 Å². The van der Waals surface area contributed by atoms with Gasteiger partial charge in [-0.15, -0.1) is 0 Å². The van der Waals surface area contributed by atoms with Crippen LogP contribution in [-0.4, -0.2) is 4.92 Å². The molecule has 0 heterocycles. The van der Waals surface area contributed by atoms with E-state index >= 15 is 0 Å². The van der Waals surface area contributed by atoms with E-state index in [1.807, 2.05) is 24.3 Å². The minimum atomic E-state index is -0.493. The molecule has 0 fully saturated rings. The summed E-state index contributed by atoms with van der Waals surface area (Å²) in [6.45, 7) is 0.237. The Balaban J connectivity index is 2.19. The Morgan fingerprint density at radius 2 is 2.05 bits per heavy atom. The molecule has 2 aromatic carbocycles. The third-order valence-corrected chi connectivity index (χ3v) is 3.13. The van der Waals surface area contributed by atoms with E-state index in [0.29, 0.717) is 5.02 Å². The number of rotatable bonds is 4. The van der Waals surface area contributed by atoms with Gasteiger partial charge in [0.15, 0.2) is 5.75 Å². The topological polar surface area (TPSA) is 52.4 Å². The summed E-state index contributed by atoms with van der Waals surface area (Å²) in [5, 5.41) is 11.3. The first-order valence-electron chi connectivity index (χ1n) is 5.37. The first-order valence-corrected chi connectivity index (χ1v) is 6.54. The van der Waals surface area contributed by atoms with Gasteiger partial charge >= 0.3 is 5.69 Å². The van der Waals surface area contributed by atoms with E-state index in [1.165, 1.54) is 18.2 Å². The molecule has 0 N–H and O–H groups in total. The second-order valence-corrected chi connectivity index (χ2v) is 5.14. The van der Waals surface area contributed by atoms with Crippen molar-refractivity contribution in [2.24, 2.45) is 0 Å². The summed E-state index contributed by atoms with van der Waals surface area (Å²) in [6.07, 6.45) is 0. The van der Waals surface area contributed by atoms with Crippen LogP contribution >= 0.6 is 27.5 Å². The number of nitrogens with zero attached hydrogens (tertiary/aromatic N) is 1. The number of nitro benzene ring substituents is 1. The van der Waals surface area contributed by atoms with Crippen LogP contribution in [0.5, 0.6) is 5.75 Å². The minimum Gasteiger partial charge on any atom is -0.482 e. The lowest BCUT2D eigenvalue weighted by atomic mass is 10.2. The fourth-order valence-corrected chi connectivity index (χ4v) is 2.15. The van der Waals surface area contributed by atoms with E-state index < -0.39 is 4.92 Å². The van der Waals surface area contributed by atoms with E-state index in [1.54, 1.807) is 0 Å². The zero-order valence-corrected chi connectivity index (χ0v) is 12.0. The van der Waals surface area contributed by atoms with E-state index in [0.717, 1.165) is 10.0 Å². The molecule has 0 spiro atoms. The Morgan fingerprint density at radius 1 is 1.26 bits per heavy atom. The Labute approximate surface area is 123 Å². The summed E-state index contributed by atoms with van der Waals surface area (Å²) in [6, 6.07) is 11.8. The number of hydrogen-bond acceptors (Lipinski definition) is 3. The molecule has 0 saturated heterocycles. The summed E-state index contributed by atoms with van der Waals surface area (Å²) >= 11 is 9.17. The van der Waals surface area contributed by atoms with Crippen molar-refractivity contribution in [1.29, 1.82) is 0 Å². The summed E-state index contributed by atoms with van der Waals surface area (Å²) < 4.78 is 6.40. The molecular formula is C13H9BrClNO3. The van der Waals surface area contributed by atoms with Crippen molar-refractivity contribution >= 4 is 33.2 Å². The molecule has 0 aliphatic heterocycles. The van der Waals surface area contributed by atoms with Gasteiger partial charge in [0.2, 0.25) is 0 Å².